The molecule has 0 saturated carbocycles. The molecule has 0 fully saturated rings. The summed E-state index contributed by atoms with van der Waals surface area (Å²) in [5.74, 6) is -3.67. The number of halogens is 3. The van der Waals surface area contributed by atoms with Gasteiger partial charge in [-0.1, -0.05) is 6.07 Å². The molecule has 3 rings (SSSR count). The van der Waals surface area contributed by atoms with Crippen LogP contribution in [0.2, 0.25) is 0 Å². The van der Waals surface area contributed by atoms with Crippen molar-refractivity contribution in [1.29, 1.82) is 0 Å². The monoisotopic (exact) mass is 577 g/mol. The third kappa shape index (κ3) is 7.67. The van der Waals surface area contributed by atoms with Crippen LogP contribution in [0.1, 0.15) is 34.2 Å². The van der Waals surface area contributed by atoms with Gasteiger partial charge in [0.05, 0.1) is 17.6 Å². The van der Waals surface area contributed by atoms with E-state index in [1.807, 2.05) is 25.5 Å². The van der Waals surface area contributed by atoms with Crippen molar-refractivity contribution in [2.45, 2.75) is 44.1 Å². The molecule has 3 heterocycles. The molecule has 0 saturated heterocycles. The molecule has 208 valence electrons. The van der Waals surface area contributed by atoms with Crippen LogP contribution in [0.5, 0.6) is 0 Å². The van der Waals surface area contributed by atoms with E-state index in [4.69, 9.17) is 9.90 Å². The summed E-state index contributed by atoms with van der Waals surface area (Å²) in [5.41, 5.74) is 3.20. The van der Waals surface area contributed by atoms with Gasteiger partial charge in [0.15, 0.2) is 0 Å². The molecule has 0 spiro atoms. The maximum Gasteiger partial charge on any atom is 0.490 e. The first-order valence-corrected chi connectivity index (χ1v) is 13.3. The lowest BCUT2D eigenvalue weighted by Crippen LogP contribution is -2.24. The molecule has 0 aliphatic carbocycles. The van der Waals surface area contributed by atoms with E-state index in [2.05, 4.69) is 14.8 Å². The first-order valence-electron chi connectivity index (χ1n) is 10.9. The molecule has 3 aromatic rings. The van der Waals surface area contributed by atoms with Gasteiger partial charge in [0.25, 0.3) is 10.0 Å². The van der Waals surface area contributed by atoms with Crippen LogP contribution in [-0.4, -0.2) is 65.1 Å². The maximum absolute atomic E-state index is 12.4. The number of hydrogen-bond acceptors (Lipinski definition) is 8. The SMILES string of the molecule is CCn1nc(C)c(CCN(C)c2ncc(NS(=O)(=O)c3cccs3)cc2C(=O)O)c1C.O=C(O)C(F)(F)F. The van der Waals surface area contributed by atoms with E-state index >= 15 is 0 Å². The smallest absolute Gasteiger partial charge is 0.478 e. The summed E-state index contributed by atoms with van der Waals surface area (Å²) < 4.78 is 61.1. The lowest BCUT2D eigenvalue weighted by atomic mass is 10.1. The summed E-state index contributed by atoms with van der Waals surface area (Å²) in [6.07, 6.45) is -3.07. The second kappa shape index (κ2) is 12.3. The van der Waals surface area contributed by atoms with Crippen molar-refractivity contribution in [2.75, 3.05) is 23.2 Å². The highest BCUT2D eigenvalue weighted by Gasteiger charge is 2.38. The molecule has 0 amide bonds. The highest BCUT2D eigenvalue weighted by atomic mass is 32.2. The Balaban J connectivity index is 0.000000638. The Bertz CT molecular complexity index is 1390. The molecule has 16 heteroatoms. The van der Waals surface area contributed by atoms with E-state index < -0.39 is 28.1 Å². The molecule has 3 aromatic heterocycles. The third-order valence-electron chi connectivity index (χ3n) is 5.24. The second-order valence-electron chi connectivity index (χ2n) is 7.88. The highest BCUT2D eigenvalue weighted by molar-refractivity contribution is 7.94. The number of aliphatic carboxylic acids is 1. The van der Waals surface area contributed by atoms with Crippen LogP contribution in [-0.2, 0) is 27.8 Å². The third-order valence-corrected chi connectivity index (χ3v) is 8.02. The zero-order chi connectivity index (χ0) is 28.8. The van der Waals surface area contributed by atoms with Gasteiger partial charge in [0.1, 0.15) is 15.6 Å². The Labute approximate surface area is 220 Å². The Morgan fingerprint density at radius 1 is 1.24 bits per heavy atom. The number of nitrogens with zero attached hydrogens (tertiary/aromatic N) is 4. The summed E-state index contributed by atoms with van der Waals surface area (Å²) in [6.45, 7) is 7.34. The Kier molecular flexibility index (Phi) is 9.86. The molecule has 0 aliphatic rings. The standard InChI is InChI=1S/C20H25N5O4S2.C2HF3O2/c1-5-25-14(3)16(13(2)22-25)8-9-24(4)19-17(20(26)27)11-15(12-21-19)23-31(28,29)18-7-6-10-30-18;3-2(4,5)1(6)7/h6-7,10-12,23H,5,8-9H2,1-4H3,(H,26,27);(H,6,7). The fourth-order valence-corrected chi connectivity index (χ4v) is 5.41. The van der Waals surface area contributed by atoms with Crippen LogP contribution in [0.15, 0.2) is 34.0 Å². The summed E-state index contributed by atoms with van der Waals surface area (Å²) in [4.78, 5) is 26.7. The average molecular weight is 578 g/mol. The maximum atomic E-state index is 12.4. The average Bonchev–Trinajstić information content (AvgIpc) is 3.46. The molecular weight excluding hydrogens is 551 g/mol. The zero-order valence-corrected chi connectivity index (χ0v) is 22.4. The van der Waals surface area contributed by atoms with E-state index in [1.165, 1.54) is 18.3 Å². The second-order valence-corrected chi connectivity index (χ2v) is 10.7. The number of nitrogens with one attached hydrogen (secondary N) is 1. The van der Waals surface area contributed by atoms with Gasteiger partial charge >= 0.3 is 18.1 Å². The summed E-state index contributed by atoms with van der Waals surface area (Å²) in [5, 5.41) is 23.0. The van der Waals surface area contributed by atoms with Gasteiger partial charge in [0.2, 0.25) is 0 Å². The van der Waals surface area contributed by atoms with Gasteiger partial charge in [-0.15, -0.1) is 11.3 Å². The first kappa shape index (κ1) is 30.6. The largest absolute Gasteiger partial charge is 0.490 e. The van der Waals surface area contributed by atoms with E-state index in [1.54, 1.807) is 23.4 Å². The van der Waals surface area contributed by atoms with Crippen LogP contribution in [0, 0.1) is 13.8 Å². The molecule has 0 aliphatic heterocycles. The minimum absolute atomic E-state index is 0.0772. The number of likely N-dealkylation sites (N-methyl/N-ethyl adjacent to an activating group) is 1. The molecule has 0 atom stereocenters. The first-order chi connectivity index (χ1) is 17.6. The highest BCUT2D eigenvalue weighted by Crippen LogP contribution is 2.25. The molecule has 11 nitrogen and oxygen atoms in total. The molecule has 3 N–H and O–H groups in total. The topological polar surface area (TPSA) is 155 Å². The number of carbonyl (C=O) groups is 2. The van der Waals surface area contributed by atoms with Gasteiger partial charge in [-0.25, -0.2) is 23.0 Å². The Hall–Kier alpha value is -3.66. The van der Waals surface area contributed by atoms with Crippen molar-refractivity contribution in [3.63, 3.8) is 0 Å². The quantitative estimate of drug-likeness (QED) is 0.345. The number of sulfonamides is 1. The van der Waals surface area contributed by atoms with Gasteiger partial charge < -0.3 is 15.1 Å². The van der Waals surface area contributed by atoms with Gasteiger partial charge in [-0.3, -0.25) is 9.40 Å². The van der Waals surface area contributed by atoms with Gasteiger partial charge in [0, 0.05) is 25.8 Å². The number of aromatic nitrogens is 3. The molecule has 38 heavy (non-hydrogen) atoms. The fourth-order valence-electron chi connectivity index (χ4n) is 3.39. The minimum Gasteiger partial charge on any atom is -0.478 e. The minimum atomic E-state index is -5.08. The van der Waals surface area contributed by atoms with Crippen LogP contribution in [0.4, 0.5) is 24.7 Å². The molecule has 0 bridgehead atoms. The molecule has 0 aromatic carbocycles. The summed E-state index contributed by atoms with van der Waals surface area (Å²) in [6, 6.07) is 4.40. The Morgan fingerprint density at radius 2 is 1.87 bits per heavy atom. The predicted molar refractivity (Wildman–Crippen MR) is 134 cm³/mol. The van der Waals surface area contributed by atoms with E-state index in [-0.39, 0.29) is 21.3 Å². The summed E-state index contributed by atoms with van der Waals surface area (Å²) in [7, 11) is -2.03. The number of anilines is 2. The number of alkyl halides is 3. The number of carboxylic acids is 2. The van der Waals surface area contributed by atoms with Crippen LogP contribution in [0.25, 0.3) is 0 Å². The van der Waals surface area contributed by atoms with Crippen molar-refractivity contribution >= 4 is 44.8 Å². The fraction of sp³-hybridized carbons (Fsp3) is 0.364. The number of aromatic carboxylic acids is 1. The van der Waals surface area contributed by atoms with Gasteiger partial charge in [-0.2, -0.15) is 18.3 Å². The number of thiophene rings is 1. The van der Waals surface area contributed by atoms with Crippen molar-refractivity contribution in [3.8, 4) is 0 Å². The number of aryl methyl sites for hydroxylation is 2. The molecular formula is C22H26F3N5O6S2. The molecule has 0 unspecified atom stereocenters. The van der Waals surface area contributed by atoms with Crippen molar-refractivity contribution in [2.24, 2.45) is 0 Å². The van der Waals surface area contributed by atoms with E-state index in [0.717, 1.165) is 34.8 Å². The van der Waals surface area contributed by atoms with Crippen molar-refractivity contribution in [3.05, 3.63) is 52.3 Å². The zero-order valence-electron chi connectivity index (χ0n) is 20.8. The van der Waals surface area contributed by atoms with E-state index in [0.29, 0.717) is 13.0 Å². The van der Waals surface area contributed by atoms with Crippen molar-refractivity contribution in [1.82, 2.24) is 14.8 Å². The number of hydrogen-bond donors (Lipinski definition) is 3. The van der Waals surface area contributed by atoms with E-state index in [9.17, 15) is 31.5 Å². The molecule has 0 radical (unpaired) electrons. The summed E-state index contributed by atoms with van der Waals surface area (Å²) >= 11 is 1.08. The Morgan fingerprint density at radius 3 is 2.34 bits per heavy atom. The number of rotatable bonds is 9. The number of carboxylic acid groups (broad SMARTS) is 2. The lowest BCUT2D eigenvalue weighted by Gasteiger charge is -2.21. The van der Waals surface area contributed by atoms with Crippen molar-refractivity contribution < 1.29 is 41.4 Å². The van der Waals surface area contributed by atoms with Crippen LogP contribution < -0.4 is 9.62 Å². The number of pyridine rings is 1. The van der Waals surface area contributed by atoms with Crippen LogP contribution in [0.3, 0.4) is 0 Å². The van der Waals surface area contributed by atoms with Crippen LogP contribution >= 0.6 is 11.3 Å². The van der Waals surface area contributed by atoms with Gasteiger partial charge in [-0.05, 0) is 50.3 Å². The predicted octanol–water partition coefficient (Wildman–Crippen LogP) is 3.79. The lowest BCUT2D eigenvalue weighted by molar-refractivity contribution is -0.192. The normalized spacial score (nSPS) is 11.4.